The van der Waals surface area contributed by atoms with E-state index in [2.05, 4.69) is 6.92 Å². The molecule has 0 amide bonds. The molecule has 1 fully saturated rings. The second-order valence-electron chi connectivity index (χ2n) is 11.3. The molecule has 0 spiro atoms. The molecule has 1 aliphatic heterocycles. The van der Waals surface area contributed by atoms with E-state index in [4.69, 9.17) is 18.9 Å². The number of hydrogen-bond acceptors (Lipinski definition) is 6. The lowest BCUT2D eigenvalue weighted by atomic mass is 9.72. The third kappa shape index (κ3) is 6.74. The maximum absolute atomic E-state index is 15.2. The summed E-state index contributed by atoms with van der Waals surface area (Å²) in [7, 11) is 2.94. The van der Waals surface area contributed by atoms with Crippen molar-refractivity contribution in [3.05, 3.63) is 83.2 Å². The Hall–Kier alpha value is -3.42. The Morgan fingerprint density at radius 1 is 1.05 bits per heavy atom. The molecule has 0 bridgehead atoms. The molecule has 1 unspecified atom stereocenters. The number of carbonyl (C=O) groups is 1. The van der Waals surface area contributed by atoms with Crippen LogP contribution >= 0.6 is 0 Å². The molecule has 1 heterocycles. The van der Waals surface area contributed by atoms with E-state index in [0.717, 1.165) is 36.8 Å². The fraction of sp³-hybridized carbons (Fsp3) is 0.441. The molecule has 0 radical (unpaired) electrons. The summed E-state index contributed by atoms with van der Waals surface area (Å²) in [4.78, 5) is 12.0. The third-order valence-corrected chi connectivity index (χ3v) is 8.10. The van der Waals surface area contributed by atoms with Crippen LogP contribution in [-0.4, -0.2) is 31.9 Å². The zero-order valence-corrected chi connectivity index (χ0v) is 24.7. The minimum absolute atomic E-state index is 0.0413. The number of methoxy groups -OCH3 is 2. The van der Waals surface area contributed by atoms with Crippen molar-refractivity contribution in [1.29, 1.82) is 0 Å². The number of rotatable bonds is 11. The third-order valence-electron chi connectivity index (χ3n) is 8.10. The number of esters is 1. The van der Waals surface area contributed by atoms with Gasteiger partial charge in [-0.2, -0.15) is 0 Å². The normalized spacial score (nSPS) is 18.9. The predicted octanol–water partition coefficient (Wildman–Crippen LogP) is 7.51. The van der Waals surface area contributed by atoms with E-state index >= 15 is 4.39 Å². The summed E-state index contributed by atoms with van der Waals surface area (Å²) in [5.41, 5.74) is 2.56. The van der Waals surface area contributed by atoms with Crippen LogP contribution in [-0.2, 0) is 26.7 Å². The lowest BCUT2D eigenvalue weighted by Crippen LogP contribution is -2.48. The van der Waals surface area contributed by atoms with Crippen LogP contribution in [0.4, 0.5) is 4.39 Å². The highest BCUT2D eigenvalue weighted by Crippen LogP contribution is 2.50. The van der Waals surface area contributed by atoms with Gasteiger partial charge in [0.15, 0.2) is 5.79 Å². The van der Waals surface area contributed by atoms with Crippen molar-refractivity contribution < 1.29 is 33.2 Å². The van der Waals surface area contributed by atoms with Crippen molar-refractivity contribution in [3.63, 3.8) is 0 Å². The molecule has 3 aromatic rings. The van der Waals surface area contributed by atoms with E-state index in [-0.39, 0.29) is 18.5 Å². The topological polar surface area (TPSA) is 74.2 Å². The van der Waals surface area contributed by atoms with Gasteiger partial charge < -0.3 is 24.1 Å². The summed E-state index contributed by atoms with van der Waals surface area (Å²) >= 11 is 0. The van der Waals surface area contributed by atoms with Gasteiger partial charge in [0.05, 0.1) is 27.2 Å². The maximum atomic E-state index is 15.2. The van der Waals surface area contributed by atoms with Gasteiger partial charge in [0, 0.05) is 16.5 Å². The fourth-order valence-corrected chi connectivity index (χ4v) is 5.62. The smallest absolute Gasteiger partial charge is 0.306 e. The number of carbonyl (C=O) groups excluding carboxylic acids is 1. The van der Waals surface area contributed by atoms with Gasteiger partial charge in [-0.25, -0.2) is 4.39 Å². The SMILES string of the molecule is CCC[C@@H](CC(=O)OC)c1cccc(OCc2ccc(-c3cc(OC)ccc3F)c(C3(O)OCCCC3(C)C)c2)c1. The molecule has 3 aromatic carbocycles. The van der Waals surface area contributed by atoms with Crippen LogP contribution in [0, 0.1) is 11.2 Å². The van der Waals surface area contributed by atoms with E-state index in [1.165, 1.54) is 20.3 Å². The molecular formula is C34H41FO6. The Labute approximate surface area is 242 Å². The average molecular weight is 565 g/mol. The zero-order valence-electron chi connectivity index (χ0n) is 24.7. The van der Waals surface area contributed by atoms with E-state index in [9.17, 15) is 9.90 Å². The van der Waals surface area contributed by atoms with Crippen molar-refractivity contribution in [3.8, 4) is 22.6 Å². The van der Waals surface area contributed by atoms with Crippen LogP contribution in [0.15, 0.2) is 60.7 Å². The minimum atomic E-state index is -1.63. The van der Waals surface area contributed by atoms with Gasteiger partial charge in [-0.1, -0.05) is 51.5 Å². The van der Waals surface area contributed by atoms with Crippen molar-refractivity contribution in [2.75, 3.05) is 20.8 Å². The molecule has 4 rings (SSSR count). The van der Waals surface area contributed by atoms with Crippen molar-refractivity contribution >= 4 is 5.97 Å². The maximum Gasteiger partial charge on any atom is 0.306 e. The van der Waals surface area contributed by atoms with Gasteiger partial charge in [0.25, 0.3) is 0 Å². The van der Waals surface area contributed by atoms with Crippen molar-refractivity contribution in [1.82, 2.24) is 0 Å². The molecule has 1 aliphatic rings. The molecule has 2 atom stereocenters. The quantitative estimate of drug-likeness (QED) is 0.243. The van der Waals surface area contributed by atoms with E-state index in [1.807, 2.05) is 56.3 Å². The van der Waals surface area contributed by atoms with Crippen molar-refractivity contribution in [2.45, 2.75) is 71.2 Å². The Morgan fingerprint density at radius 2 is 1.85 bits per heavy atom. The van der Waals surface area contributed by atoms with E-state index < -0.39 is 17.0 Å². The predicted molar refractivity (Wildman–Crippen MR) is 156 cm³/mol. The summed E-state index contributed by atoms with van der Waals surface area (Å²) < 4.78 is 37.7. The lowest BCUT2D eigenvalue weighted by molar-refractivity contribution is -0.297. The highest BCUT2D eigenvalue weighted by molar-refractivity contribution is 5.71. The van der Waals surface area contributed by atoms with Gasteiger partial charge >= 0.3 is 5.97 Å². The number of hydrogen-bond donors (Lipinski definition) is 1. The molecule has 0 saturated carbocycles. The van der Waals surface area contributed by atoms with Gasteiger partial charge in [-0.15, -0.1) is 0 Å². The Balaban J connectivity index is 1.68. The monoisotopic (exact) mass is 564 g/mol. The Kier molecular flexibility index (Phi) is 9.72. The van der Waals surface area contributed by atoms with Crippen LogP contribution in [0.3, 0.4) is 0 Å². The van der Waals surface area contributed by atoms with Gasteiger partial charge in [-0.05, 0) is 78.3 Å². The molecule has 7 heteroatoms. The van der Waals surface area contributed by atoms with E-state index in [1.54, 1.807) is 12.1 Å². The van der Waals surface area contributed by atoms with Crippen LogP contribution in [0.1, 0.15) is 75.5 Å². The summed E-state index contributed by atoms with van der Waals surface area (Å²) in [5.74, 6) is -1.05. The highest BCUT2D eigenvalue weighted by atomic mass is 19.1. The van der Waals surface area contributed by atoms with E-state index in [0.29, 0.717) is 41.2 Å². The minimum Gasteiger partial charge on any atom is -0.497 e. The first-order chi connectivity index (χ1) is 19.6. The molecule has 220 valence electrons. The first kappa shape index (κ1) is 30.5. The van der Waals surface area contributed by atoms with Crippen LogP contribution in [0.2, 0.25) is 0 Å². The summed E-state index contributed by atoms with van der Waals surface area (Å²) in [6.45, 7) is 6.65. The molecule has 41 heavy (non-hydrogen) atoms. The zero-order chi connectivity index (χ0) is 29.6. The summed E-state index contributed by atoms with van der Waals surface area (Å²) in [5, 5.41) is 12.0. The lowest BCUT2D eigenvalue weighted by Gasteiger charge is -2.47. The van der Waals surface area contributed by atoms with Crippen LogP contribution in [0.5, 0.6) is 11.5 Å². The Morgan fingerprint density at radius 3 is 2.56 bits per heavy atom. The van der Waals surface area contributed by atoms with Gasteiger partial charge in [-0.3, -0.25) is 4.79 Å². The van der Waals surface area contributed by atoms with Crippen LogP contribution < -0.4 is 9.47 Å². The molecular weight excluding hydrogens is 523 g/mol. The number of halogens is 1. The van der Waals surface area contributed by atoms with Crippen LogP contribution in [0.25, 0.3) is 11.1 Å². The number of aliphatic hydroxyl groups is 1. The molecule has 0 aromatic heterocycles. The second kappa shape index (κ2) is 13.0. The molecule has 6 nitrogen and oxygen atoms in total. The number of ether oxygens (including phenoxy) is 4. The molecule has 0 aliphatic carbocycles. The molecule has 1 N–H and O–H groups in total. The number of benzene rings is 3. The Bertz CT molecular complexity index is 1350. The fourth-order valence-electron chi connectivity index (χ4n) is 5.62. The first-order valence-electron chi connectivity index (χ1n) is 14.2. The molecule has 1 saturated heterocycles. The van der Waals surface area contributed by atoms with Crippen molar-refractivity contribution in [2.24, 2.45) is 5.41 Å². The standard InChI is InChI=1S/C34H41FO6/c1-6-9-24(20-32(36)39-5)25-10-7-11-27(19-25)40-22-23-12-14-28(29-21-26(38-4)13-15-31(29)35)30(18-23)34(37)33(2,3)16-8-17-41-34/h7,10-15,18-19,21,24,37H,6,8-9,16-17,20,22H2,1-5H3/t24-,34?/m0/s1. The summed E-state index contributed by atoms with van der Waals surface area (Å²) in [6.07, 6.45) is 3.69. The summed E-state index contributed by atoms with van der Waals surface area (Å²) in [6, 6.07) is 17.9. The largest absolute Gasteiger partial charge is 0.497 e. The average Bonchev–Trinajstić information content (AvgIpc) is 2.97. The second-order valence-corrected chi connectivity index (χ2v) is 11.3. The van der Waals surface area contributed by atoms with Gasteiger partial charge in [0.1, 0.15) is 23.9 Å². The van der Waals surface area contributed by atoms with Gasteiger partial charge in [0.2, 0.25) is 0 Å². The first-order valence-corrected chi connectivity index (χ1v) is 14.2. The highest BCUT2D eigenvalue weighted by Gasteiger charge is 2.49.